The Kier molecular flexibility index (Phi) is 4.97. The number of hydrogen-bond donors (Lipinski definition) is 3. The molecule has 0 unspecified atom stereocenters. The summed E-state index contributed by atoms with van der Waals surface area (Å²) in [4.78, 5) is 12.9. The Labute approximate surface area is 206 Å². The quantitative estimate of drug-likeness (QED) is 0.151. The maximum absolute atomic E-state index is 13.4. The van der Waals surface area contributed by atoms with Crippen molar-refractivity contribution in [2.24, 2.45) is 5.73 Å². The Bertz CT molecular complexity index is 1780. The van der Waals surface area contributed by atoms with Crippen LogP contribution >= 0.6 is 0 Å². The Morgan fingerprint density at radius 3 is 2.31 bits per heavy atom. The van der Waals surface area contributed by atoms with Crippen molar-refractivity contribution >= 4 is 44.5 Å². The van der Waals surface area contributed by atoms with Crippen LogP contribution in [0.1, 0.15) is 27.0 Å². The van der Waals surface area contributed by atoms with Crippen molar-refractivity contribution in [3.05, 3.63) is 107 Å². The molecule has 0 saturated heterocycles. The van der Waals surface area contributed by atoms with Crippen molar-refractivity contribution in [3.63, 3.8) is 0 Å². The Morgan fingerprint density at radius 1 is 0.861 bits per heavy atom. The van der Waals surface area contributed by atoms with Crippen molar-refractivity contribution < 1.29 is 13.6 Å². The number of nitrogens with two attached hydrogens (primary N) is 1. The van der Waals surface area contributed by atoms with Crippen LogP contribution in [0.4, 0.5) is 4.39 Å². The van der Waals surface area contributed by atoms with E-state index in [9.17, 15) is 9.18 Å². The SMILES string of the molecule is Cc1cc(-c2ccc(F)cc2)cc2c3oc(c4ccc(C(=O)NCc5ccc(C(=N)N)cc5)cc43)c12. The normalized spacial score (nSPS) is 11.5. The van der Waals surface area contributed by atoms with Gasteiger partial charge in [0, 0.05) is 39.2 Å². The molecule has 0 spiro atoms. The predicted molar refractivity (Wildman–Crippen MR) is 141 cm³/mol. The van der Waals surface area contributed by atoms with Gasteiger partial charge in [-0.1, -0.05) is 42.5 Å². The second-order valence-corrected chi connectivity index (χ2v) is 9.04. The maximum atomic E-state index is 13.4. The van der Waals surface area contributed by atoms with E-state index in [2.05, 4.69) is 17.4 Å². The summed E-state index contributed by atoms with van der Waals surface area (Å²) < 4.78 is 19.6. The molecule has 0 saturated carbocycles. The Balaban J connectivity index is 1.34. The third-order valence-electron chi connectivity index (χ3n) is 6.68. The molecule has 0 aliphatic rings. The summed E-state index contributed by atoms with van der Waals surface area (Å²) >= 11 is 0. The molecule has 5 nitrogen and oxygen atoms in total. The van der Waals surface area contributed by atoms with Crippen LogP contribution in [0.3, 0.4) is 0 Å². The van der Waals surface area contributed by atoms with Gasteiger partial charge in [0.1, 0.15) is 22.8 Å². The first-order valence-corrected chi connectivity index (χ1v) is 11.6. The standard InChI is InChI=1S/C30H22FN3O2/c1-16-12-21(18-6-9-22(31)10-7-18)14-25-26(16)28-23-11-8-20(13-24(23)27(25)36-28)30(35)34-15-17-2-4-19(5-3-17)29(32)33/h2-14H,15H2,1H3,(H3,32,33)(H,34,35). The highest BCUT2D eigenvalue weighted by Crippen LogP contribution is 2.43. The van der Waals surface area contributed by atoms with Gasteiger partial charge in [0.15, 0.2) is 0 Å². The minimum atomic E-state index is -0.267. The van der Waals surface area contributed by atoms with Gasteiger partial charge in [-0.25, -0.2) is 4.39 Å². The van der Waals surface area contributed by atoms with Gasteiger partial charge in [-0.15, -0.1) is 0 Å². The molecular formula is C30H22FN3O2. The lowest BCUT2D eigenvalue weighted by atomic mass is 9.94. The first kappa shape index (κ1) is 21.8. The van der Waals surface area contributed by atoms with Crippen LogP contribution < -0.4 is 11.1 Å². The molecule has 0 fully saturated rings. The molecule has 0 aliphatic carbocycles. The van der Waals surface area contributed by atoms with Gasteiger partial charge in [-0.05, 0) is 65.6 Å². The molecule has 6 aromatic rings. The minimum absolute atomic E-state index is 0.0113. The monoisotopic (exact) mass is 475 g/mol. The number of furan rings is 2. The summed E-state index contributed by atoms with van der Waals surface area (Å²) in [7, 11) is 0. The number of carbonyl (C=O) groups excluding carboxylic acids is 1. The van der Waals surface area contributed by atoms with Crippen LogP contribution in [0, 0.1) is 18.2 Å². The van der Waals surface area contributed by atoms with Gasteiger partial charge in [0.2, 0.25) is 0 Å². The molecule has 6 rings (SSSR count). The zero-order valence-corrected chi connectivity index (χ0v) is 19.5. The van der Waals surface area contributed by atoms with Gasteiger partial charge < -0.3 is 15.5 Å². The van der Waals surface area contributed by atoms with Crippen molar-refractivity contribution in [3.8, 4) is 11.1 Å². The lowest BCUT2D eigenvalue weighted by molar-refractivity contribution is 0.0951. The fourth-order valence-electron chi connectivity index (χ4n) is 4.83. The largest absolute Gasteiger partial charge is 0.455 e. The smallest absolute Gasteiger partial charge is 0.251 e. The first-order valence-electron chi connectivity index (χ1n) is 11.6. The Morgan fingerprint density at radius 2 is 1.58 bits per heavy atom. The molecule has 2 heterocycles. The number of nitrogens with one attached hydrogen (secondary N) is 2. The second-order valence-electron chi connectivity index (χ2n) is 9.04. The highest BCUT2D eigenvalue weighted by molar-refractivity contribution is 6.27. The summed E-state index contributed by atoms with van der Waals surface area (Å²) in [5.41, 5.74) is 12.2. The number of amidine groups is 1. The molecule has 4 aromatic carbocycles. The molecule has 6 heteroatoms. The summed E-state index contributed by atoms with van der Waals surface area (Å²) in [6.07, 6.45) is 0. The summed E-state index contributed by atoms with van der Waals surface area (Å²) in [5.74, 6) is -0.438. The number of amides is 1. The molecule has 1 amide bonds. The van der Waals surface area contributed by atoms with E-state index in [0.717, 1.165) is 55.0 Å². The number of carbonyl (C=O) groups is 1. The molecule has 176 valence electrons. The number of halogens is 1. The summed E-state index contributed by atoms with van der Waals surface area (Å²) in [6.45, 7) is 2.41. The summed E-state index contributed by atoms with van der Waals surface area (Å²) in [5, 5.41) is 14.4. The van der Waals surface area contributed by atoms with E-state index in [-0.39, 0.29) is 17.6 Å². The van der Waals surface area contributed by atoms with Crippen molar-refractivity contribution in [2.45, 2.75) is 13.5 Å². The van der Waals surface area contributed by atoms with Crippen molar-refractivity contribution in [1.29, 1.82) is 5.41 Å². The van der Waals surface area contributed by atoms with Crippen LogP contribution in [0.2, 0.25) is 0 Å². The molecule has 4 N–H and O–H groups in total. The van der Waals surface area contributed by atoms with Crippen molar-refractivity contribution in [1.82, 2.24) is 5.32 Å². The summed E-state index contributed by atoms with van der Waals surface area (Å²) in [6, 6.07) is 23.5. The number of benzene rings is 5. The van der Waals surface area contributed by atoms with Gasteiger partial charge >= 0.3 is 0 Å². The zero-order chi connectivity index (χ0) is 25.0. The van der Waals surface area contributed by atoms with Crippen molar-refractivity contribution in [2.75, 3.05) is 0 Å². The van der Waals surface area contributed by atoms with Gasteiger partial charge in [-0.2, -0.15) is 0 Å². The fraction of sp³-hybridized carbons (Fsp3) is 0.0667. The molecule has 0 radical (unpaired) electrons. The predicted octanol–water partition coefficient (Wildman–Crippen LogP) is 6.51. The molecule has 0 aliphatic heterocycles. The average molecular weight is 476 g/mol. The third-order valence-corrected chi connectivity index (χ3v) is 6.68. The van der Waals surface area contributed by atoms with Crippen LogP contribution in [0.15, 0.2) is 83.3 Å². The van der Waals surface area contributed by atoms with Crippen LogP contribution in [0.25, 0.3) is 43.8 Å². The Hall–Kier alpha value is -4.71. The fourth-order valence-corrected chi connectivity index (χ4v) is 4.83. The number of nitrogen functional groups attached to an aromatic ring is 1. The van der Waals surface area contributed by atoms with Crippen LogP contribution in [-0.4, -0.2) is 11.7 Å². The molecular weight excluding hydrogens is 453 g/mol. The van der Waals surface area contributed by atoms with Gasteiger partial charge in [0.05, 0.1) is 0 Å². The first-order chi connectivity index (χ1) is 17.4. The number of aryl methyl sites for hydroxylation is 1. The van der Waals surface area contributed by atoms with Gasteiger partial charge in [0.25, 0.3) is 5.91 Å². The minimum Gasteiger partial charge on any atom is -0.455 e. The van der Waals surface area contributed by atoms with E-state index < -0.39 is 0 Å². The lowest BCUT2D eigenvalue weighted by Gasteiger charge is -2.09. The van der Waals surface area contributed by atoms with E-state index in [1.165, 1.54) is 12.1 Å². The van der Waals surface area contributed by atoms with Crippen LogP contribution in [-0.2, 0) is 6.54 Å². The highest BCUT2D eigenvalue weighted by Gasteiger charge is 2.21. The van der Waals surface area contributed by atoms with E-state index in [1.807, 2.05) is 37.3 Å². The number of hydrogen-bond acceptors (Lipinski definition) is 3. The molecule has 2 aromatic heterocycles. The average Bonchev–Trinajstić information content (AvgIpc) is 3.45. The highest BCUT2D eigenvalue weighted by atomic mass is 19.1. The second kappa shape index (κ2) is 8.20. The lowest BCUT2D eigenvalue weighted by Crippen LogP contribution is -2.22. The van der Waals surface area contributed by atoms with Gasteiger partial charge in [-0.3, -0.25) is 10.2 Å². The molecule has 2 bridgehead atoms. The number of fused-ring (bicyclic) bond motifs is 8. The van der Waals surface area contributed by atoms with E-state index >= 15 is 0 Å². The molecule has 36 heavy (non-hydrogen) atoms. The van der Waals surface area contributed by atoms with Crippen LogP contribution in [0.5, 0.6) is 0 Å². The number of rotatable bonds is 5. The third kappa shape index (κ3) is 3.55. The van der Waals surface area contributed by atoms with E-state index in [0.29, 0.717) is 17.7 Å². The van der Waals surface area contributed by atoms with E-state index in [4.69, 9.17) is 15.6 Å². The molecule has 0 atom stereocenters. The topological polar surface area (TPSA) is 92.1 Å². The van der Waals surface area contributed by atoms with E-state index in [1.54, 1.807) is 24.3 Å². The zero-order valence-electron chi connectivity index (χ0n) is 19.5. The maximum Gasteiger partial charge on any atom is 0.251 e.